The average Bonchev–Trinajstić information content (AvgIpc) is 2.68. The van der Waals surface area contributed by atoms with E-state index in [1.54, 1.807) is 12.1 Å². The van der Waals surface area contributed by atoms with Gasteiger partial charge in [0.1, 0.15) is 16.5 Å². The molecule has 3 rings (SSSR count). The Labute approximate surface area is 163 Å². The van der Waals surface area contributed by atoms with Gasteiger partial charge in [-0.05, 0) is 49.6 Å². The first-order chi connectivity index (χ1) is 13.3. The van der Waals surface area contributed by atoms with E-state index in [4.69, 9.17) is 0 Å². The van der Waals surface area contributed by atoms with E-state index in [-0.39, 0.29) is 41.7 Å². The summed E-state index contributed by atoms with van der Waals surface area (Å²) in [6.07, 6.45) is 0.714. The predicted octanol–water partition coefficient (Wildman–Crippen LogP) is 3.24. The summed E-state index contributed by atoms with van der Waals surface area (Å²) in [6.45, 7) is 2.11. The van der Waals surface area contributed by atoms with Crippen molar-refractivity contribution in [1.82, 2.24) is 9.62 Å². The molecule has 1 fully saturated rings. The van der Waals surface area contributed by atoms with Crippen molar-refractivity contribution in [3.05, 3.63) is 65.7 Å². The highest BCUT2D eigenvalue weighted by molar-refractivity contribution is 7.89. The number of rotatable bonds is 5. The molecule has 8 heteroatoms. The number of benzene rings is 2. The van der Waals surface area contributed by atoms with Gasteiger partial charge in [0.25, 0.3) is 0 Å². The molecule has 5 nitrogen and oxygen atoms in total. The number of sulfonamides is 1. The zero-order valence-electron chi connectivity index (χ0n) is 15.4. The summed E-state index contributed by atoms with van der Waals surface area (Å²) in [4.78, 5) is 12.2. The standard InChI is InChI=1S/C20H22F2N2O3S/c1-14(15-6-8-17(21)9-7-15)23-20(25)16-10-12-24(13-11-16)28(26,27)19-5-3-2-4-18(19)22/h2-9,14,16H,10-13H2,1H3,(H,23,25). The van der Waals surface area contributed by atoms with Crippen molar-refractivity contribution < 1.29 is 22.0 Å². The molecule has 0 bridgehead atoms. The van der Waals surface area contributed by atoms with E-state index in [9.17, 15) is 22.0 Å². The minimum atomic E-state index is -3.92. The van der Waals surface area contributed by atoms with Gasteiger partial charge in [0.05, 0.1) is 6.04 Å². The number of halogens is 2. The van der Waals surface area contributed by atoms with E-state index in [2.05, 4.69) is 5.32 Å². The fraction of sp³-hybridized carbons (Fsp3) is 0.350. The molecule has 2 aromatic rings. The van der Waals surface area contributed by atoms with Crippen LogP contribution in [0.5, 0.6) is 0 Å². The van der Waals surface area contributed by atoms with Crippen LogP contribution < -0.4 is 5.32 Å². The van der Waals surface area contributed by atoms with Gasteiger partial charge in [-0.2, -0.15) is 4.31 Å². The second kappa shape index (κ2) is 8.36. The maximum absolute atomic E-state index is 13.9. The summed E-state index contributed by atoms with van der Waals surface area (Å²) in [5.74, 6) is -1.61. The summed E-state index contributed by atoms with van der Waals surface area (Å²) in [7, 11) is -3.92. The largest absolute Gasteiger partial charge is 0.349 e. The first-order valence-corrected chi connectivity index (χ1v) is 10.5. The van der Waals surface area contributed by atoms with Crippen LogP contribution in [0.1, 0.15) is 31.4 Å². The Morgan fingerprint density at radius 2 is 1.68 bits per heavy atom. The topological polar surface area (TPSA) is 66.5 Å². The van der Waals surface area contributed by atoms with Crippen molar-refractivity contribution in [3.8, 4) is 0 Å². The number of nitrogens with one attached hydrogen (secondary N) is 1. The second-order valence-corrected chi connectivity index (χ2v) is 8.80. The third kappa shape index (κ3) is 4.39. The van der Waals surface area contributed by atoms with Gasteiger partial charge >= 0.3 is 0 Å². The fourth-order valence-electron chi connectivity index (χ4n) is 3.32. The van der Waals surface area contributed by atoms with Gasteiger partial charge in [0, 0.05) is 19.0 Å². The molecule has 1 heterocycles. The van der Waals surface area contributed by atoms with Gasteiger partial charge in [-0.1, -0.05) is 24.3 Å². The van der Waals surface area contributed by atoms with Crippen LogP contribution in [0.2, 0.25) is 0 Å². The predicted molar refractivity (Wildman–Crippen MR) is 101 cm³/mol. The van der Waals surface area contributed by atoms with Crippen molar-refractivity contribution in [1.29, 1.82) is 0 Å². The second-order valence-electron chi connectivity index (χ2n) is 6.89. The molecule has 1 N–H and O–H groups in total. The SMILES string of the molecule is CC(NC(=O)C1CCN(S(=O)(=O)c2ccccc2F)CC1)c1ccc(F)cc1. The molecule has 1 atom stereocenters. The van der Waals surface area contributed by atoms with E-state index < -0.39 is 15.8 Å². The van der Waals surface area contributed by atoms with Gasteiger partial charge in [0.2, 0.25) is 15.9 Å². The lowest BCUT2D eigenvalue weighted by Crippen LogP contribution is -2.43. The number of nitrogens with zero attached hydrogens (tertiary/aromatic N) is 1. The highest BCUT2D eigenvalue weighted by Gasteiger charge is 2.33. The van der Waals surface area contributed by atoms with Crippen LogP contribution in [0, 0.1) is 17.6 Å². The molecule has 28 heavy (non-hydrogen) atoms. The Balaban J connectivity index is 1.59. The van der Waals surface area contributed by atoms with Gasteiger partial charge in [0.15, 0.2) is 0 Å². The maximum atomic E-state index is 13.9. The minimum Gasteiger partial charge on any atom is -0.349 e. The smallest absolute Gasteiger partial charge is 0.245 e. The van der Waals surface area contributed by atoms with E-state index in [0.29, 0.717) is 12.8 Å². The molecule has 150 valence electrons. The molecule has 1 unspecified atom stereocenters. The Kier molecular flexibility index (Phi) is 6.10. The molecule has 1 aliphatic rings. The Morgan fingerprint density at radius 3 is 2.29 bits per heavy atom. The maximum Gasteiger partial charge on any atom is 0.245 e. The molecule has 0 aromatic heterocycles. The molecule has 0 spiro atoms. The summed E-state index contributed by atoms with van der Waals surface area (Å²) in [5.41, 5.74) is 0.786. The highest BCUT2D eigenvalue weighted by atomic mass is 32.2. The molecule has 2 aromatic carbocycles. The molecule has 1 saturated heterocycles. The lowest BCUT2D eigenvalue weighted by molar-refractivity contribution is -0.126. The summed E-state index contributed by atoms with van der Waals surface area (Å²) < 4.78 is 53.4. The third-order valence-electron chi connectivity index (χ3n) is 5.01. The Morgan fingerprint density at radius 1 is 1.07 bits per heavy atom. The van der Waals surface area contributed by atoms with Crippen molar-refractivity contribution in [2.45, 2.75) is 30.7 Å². The van der Waals surface area contributed by atoms with Crippen LogP contribution in [0.15, 0.2) is 53.4 Å². The Hall–Kier alpha value is -2.32. The lowest BCUT2D eigenvalue weighted by Gasteiger charge is -2.31. The first kappa shape index (κ1) is 20.4. The van der Waals surface area contributed by atoms with E-state index >= 15 is 0 Å². The zero-order chi connectivity index (χ0) is 20.3. The minimum absolute atomic E-state index is 0.152. The number of carbonyl (C=O) groups excluding carboxylic acids is 1. The van der Waals surface area contributed by atoms with Crippen molar-refractivity contribution in [3.63, 3.8) is 0 Å². The quantitative estimate of drug-likeness (QED) is 0.826. The zero-order valence-corrected chi connectivity index (χ0v) is 16.3. The molecule has 0 radical (unpaired) electrons. The molecule has 1 aliphatic heterocycles. The molecular formula is C20H22F2N2O3S. The van der Waals surface area contributed by atoms with Crippen LogP contribution >= 0.6 is 0 Å². The van der Waals surface area contributed by atoms with E-state index in [1.165, 1.54) is 34.6 Å². The number of carbonyl (C=O) groups is 1. The molecule has 0 aliphatic carbocycles. The summed E-state index contributed by atoms with van der Waals surface area (Å²) in [5, 5.41) is 2.89. The molecule has 0 saturated carbocycles. The van der Waals surface area contributed by atoms with Crippen molar-refractivity contribution >= 4 is 15.9 Å². The van der Waals surface area contributed by atoms with Crippen molar-refractivity contribution in [2.24, 2.45) is 5.92 Å². The summed E-state index contributed by atoms with van der Waals surface area (Å²) >= 11 is 0. The summed E-state index contributed by atoms with van der Waals surface area (Å²) in [6, 6.07) is 10.9. The monoisotopic (exact) mass is 408 g/mol. The van der Waals surface area contributed by atoms with Gasteiger partial charge in [-0.3, -0.25) is 4.79 Å². The number of hydrogen-bond donors (Lipinski definition) is 1. The lowest BCUT2D eigenvalue weighted by atomic mass is 9.96. The van der Waals surface area contributed by atoms with Crippen LogP contribution in [0.25, 0.3) is 0 Å². The third-order valence-corrected chi connectivity index (χ3v) is 6.94. The fourth-order valence-corrected chi connectivity index (χ4v) is 4.85. The number of hydrogen-bond acceptors (Lipinski definition) is 3. The average molecular weight is 408 g/mol. The number of amides is 1. The normalized spacial score (nSPS) is 17.2. The van der Waals surface area contributed by atoms with Gasteiger partial charge < -0.3 is 5.32 Å². The van der Waals surface area contributed by atoms with Crippen molar-refractivity contribution in [2.75, 3.05) is 13.1 Å². The molecule has 1 amide bonds. The van der Waals surface area contributed by atoms with Crippen LogP contribution in [-0.4, -0.2) is 31.7 Å². The first-order valence-electron chi connectivity index (χ1n) is 9.09. The van der Waals surface area contributed by atoms with E-state index in [0.717, 1.165) is 11.6 Å². The van der Waals surface area contributed by atoms with Gasteiger partial charge in [-0.25, -0.2) is 17.2 Å². The van der Waals surface area contributed by atoms with E-state index in [1.807, 2.05) is 6.92 Å². The number of piperidine rings is 1. The van der Waals surface area contributed by atoms with Crippen LogP contribution in [0.4, 0.5) is 8.78 Å². The van der Waals surface area contributed by atoms with Crippen LogP contribution in [-0.2, 0) is 14.8 Å². The Bertz CT molecular complexity index is 940. The van der Waals surface area contributed by atoms with Gasteiger partial charge in [-0.15, -0.1) is 0 Å². The van der Waals surface area contributed by atoms with Crippen LogP contribution in [0.3, 0.4) is 0 Å². The highest BCUT2D eigenvalue weighted by Crippen LogP contribution is 2.26. The molecular weight excluding hydrogens is 386 g/mol.